The van der Waals surface area contributed by atoms with Crippen molar-refractivity contribution in [2.24, 2.45) is 0 Å². The van der Waals surface area contributed by atoms with Gasteiger partial charge in [0.25, 0.3) is 16.1 Å². The van der Waals surface area contributed by atoms with Crippen molar-refractivity contribution in [3.63, 3.8) is 0 Å². The summed E-state index contributed by atoms with van der Waals surface area (Å²) in [4.78, 5) is 26.8. The van der Waals surface area contributed by atoms with Gasteiger partial charge in [-0.3, -0.25) is 4.79 Å². The summed E-state index contributed by atoms with van der Waals surface area (Å²) in [6.45, 7) is 1.46. The van der Waals surface area contributed by atoms with Crippen LogP contribution in [0.4, 0.5) is 17.5 Å². The Kier molecular flexibility index (Phi) is 5.72. The number of nitrogen functional groups attached to an aromatic ring is 1. The minimum absolute atomic E-state index is 0. The van der Waals surface area contributed by atoms with Crippen LogP contribution in [0.25, 0.3) is 0 Å². The number of amides is 1. The molecule has 0 saturated carbocycles. The lowest BCUT2D eigenvalue weighted by Gasteiger charge is -2.35. The van der Waals surface area contributed by atoms with E-state index < -0.39 is 16.1 Å². The molecule has 1 aliphatic heterocycles. The summed E-state index contributed by atoms with van der Waals surface area (Å²) in [5.41, 5.74) is 5.81. The molecule has 3 heterocycles. The number of hydrogen-bond acceptors (Lipinski definition) is 8. The summed E-state index contributed by atoms with van der Waals surface area (Å²) in [6, 6.07) is 5.13. The minimum Gasteiger partial charge on any atom is -0.382 e. The van der Waals surface area contributed by atoms with E-state index in [1.807, 2.05) is 4.90 Å². The fraction of sp³-hybridized carbons (Fsp3) is 0.375. The fourth-order valence-electron chi connectivity index (χ4n) is 2.70. The van der Waals surface area contributed by atoms with Gasteiger partial charge in [-0.25, -0.2) is 15.0 Å². The van der Waals surface area contributed by atoms with Crippen LogP contribution in [0.5, 0.6) is 0 Å². The predicted octanol–water partition coefficient (Wildman–Crippen LogP) is 0.127. The first-order chi connectivity index (χ1) is 13.3. The van der Waals surface area contributed by atoms with Crippen LogP contribution in [-0.4, -0.2) is 78.2 Å². The van der Waals surface area contributed by atoms with Gasteiger partial charge in [-0.2, -0.15) is 17.0 Å². The Hall–Kier alpha value is -2.83. The smallest absolute Gasteiger partial charge is 0.281 e. The molecule has 1 saturated heterocycles. The van der Waals surface area contributed by atoms with Crippen LogP contribution >= 0.6 is 0 Å². The Labute approximate surface area is 166 Å². The van der Waals surface area contributed by atoms with E-state index >= 15 is 0 Å². The number of carbonyl (C=O) groups excluding carboxylic acids is 1. The number of hydrogen-bond donors (Lipinski definition) is 2. The molecule has 3 rings (SSSR count). The Morgan fingerprint density at radius 2 is 1.93 bits per heavy atom. The van der Waals surface area contributed by atoms with Gasteiger partial charge in [0.1, 0.15) is 11.6 Å². The molecule has 0 bridgehead atoms. The zero-order valence-corrected chi connectivity index (χ0v) is 16.4. The zero-order chi connectivity index (χ0) is 20.3. The maximum Gasteiger partial charge on any atom is 0.281 e. The second kappa shape index (κ2) is 8.04. The monoisotopic (exact) mass is 410 g/mol. The van der Waals surface area contributed by atoms with E-state index in [4.69, 9.17) is 5.73 Å². The molecule has 0 radical (unpaired) electrons. The van der Waals surface area contributed by atoms with Gasteiger partial charge in [-0.1, -0.05) is 6.07 Å². The van der Waals surface area contributed by atoms with E-state index in [0.29, 0.717) is 37.8 Å². The molecule has 2 aromatic rings. The Morgan fingerprint density at radius 1 is 1.21 bits per heavy atom. The summed E-state index contributed by atoms with van der Waals surface area (Å²) < 4.78 is 27.0. The Morgan fingerprint density at radius 3 is 2.54 bits per heavy atom. The van der Waals surface area contributed by atoms with E-state index in [-0.39, 0.29) is 14.4 Å². The first-order valence-corrected chi connectivity index (χ1v) is 9.96. The normalized spacial score (nSPS) is 15.6. The molecule has 1 fully saturated rings. The van der Waals surface area contributed by atoms with Gasteiger partial charge >= 0.3 is 0 Å². The van der Waals surface area contributed by atoms with Crippen LogP contribution in [0.2, 0.25) is 0 Å². The molecule has 0 spiro atoms. The highest BCUT2D eigenvalue weighted by Gasteiger charge is 2.29. The van der Waals surface area contributed by atoms with Gasteiger partial charge in [0.2, 0.25) is 0 Å². The minimum atomic E-state index is -3.46. The van der Waals surface area contributed by atoms with Crippen LogP contribution in [0.3, 0.4) is 0 Å². The second-order valence-electron chi connectivity index (χ2n) is 6.31. The van der Waals surface area contributed by atoms with Crippen molar-refractivity contribution in [1.82, 2.24) is 23.6 Å². The van der Waals surface area contributed by atoms with E-state index in [2.05, 4.69) is 20.3 Å². The first-order valence-electron chi connectivity index (χ1n) is 8.56. The molecular weight excluding hydrogens is 384 g/mol. The van der Waals surface area contributed by atoms with Crippen LogP contribution in [0, 0.1) is 0 Å². The lowest BCUT2D eigenvalue weighted by atomic mass is 10.3. The molecular formula is C16H26N8O3S. The predicted molar refractivity (Wildman–Crippen MR) is 109 cm³/mol. The van der Waals surface area contributed by atoms with Crippen molar-refractivity contribution in [2.75, 3.05) is 56.2 Å². The molecule has 3 N–H and O–H groups in total. The van der Waals surface area contributed by atoms with Gasteiger partial charge < -0.3 is 16.0 Å². The molecule has 0 aliphatic carbocycles. The maximum atomic E-state index is 12.5. The van der Waals surface area contributed by atoms with Gasteiger partial charge in [-0.05, 0) is 12.1 Å². The quantitative estimate of drug-likeness (QED) is 0.709. The SMILES string of the molecule is CN(C)S(=O)(=O)N1CCN(c2cnc(N)c(C(=O)Nc3ccccn3)n2)CC1.[HH].[HH]. The molecule has 12 heteroatoms. The molecule has 154 valence electrons. The second-order valence-corrected chi connectivity index (χ2v) is 8.45. The number of aromatic nitrogens is 3. The third kappa shape index (κ3) is 4.18. The van der Waals surface area contributed by atoms with E-state index in [0.717, 1.165) is 0 Å². The number of rotatable bonds is 5. The molecule has 1 amide bonds. The zero-order valence-electron chi connectivity index (χ0n) is 15.6. The highest BCUT2D eigenvalue weighted by Crippen LogP contribution is 2.18. The summed E-state index contributed by atoms with van der Waals surface area (Å²) >= 11 is 0. The lowest BCUT2D eigenvalue weighted by Crippen LogP contribution is -2.52. The number of nitrogens with one attached hydrogen (secondary N) is 1. The van der Waals surface area contributed by atoms with Gasteiger partial charge in [0, 0.05) is 49.3 Å². The molecule has 0 atom stereocenters. The molecule has 0 unspecified atom stereocenters. The number of nitrogens with two attached hydrogens (primary N) is 1. The topological polar surface area (TPSA) is 138 Å². The summed E-state index contributed by atoms with van der Waals surface area (Å²) in [7, 11) is -0.456. The van der Waals surface area contributed by atoms with Gasteiger partial charge in [0.15, 0.2) is 11.5 Å². The van der Waals surface area contributed by atoms with E-state index in [9.17, 15) is 13.2 Å². The number of piperazine rings is 1. The summed E-state index contributed by atoms with van der Waals surface area (Å²) in [5, 5.41) is 2.62. The fourth-order valence-corrected chi connectivity index (χ4v) is 3.79. The number of carbonyl (C=O) groups is 1. The highest BCUT2D eigenvalue weighted by molar-refractivity contribution is 7.86. The number of pyridine rings is 1. The molecule has 28 heavy (non-hydrogen) atoms. The number of nitrogens with zero attached hydrogens (tertiary/aromatic N) is 6. The van der Waals surface area contributed by atoms with Crippen LogP contribution in [-0.2, 0) is 10.2 Å². The molecule has 1 aliphatic rings. The van der Waals surface area contributed by atoms with Crippen molar-refractivity contribution in [1.29, 1.82) is 0 Å². The van der Waals surface area contributed by atoms with E-state index in [1.54, 1.807) is 24.4 Å². The van der Waals surface area contributed by atoms with Crippen molar-refractivity contribution < 1.29 is 16.1 Å². The van der Waals surface area contributed by atoms with Crippen LogP contribution in [0.15, 0.2) is 30.6 Å². The van der Waals surface area contributed by atoms with Crippen molar-refractivity contribution in [3.05, 3.63) is 36.3 Å². The maximum absolute atomic E-state index is 12.5. The molecule has 2 aromatic heterocycles. The Bertz CT molecular complexity index is 954. The third-order valence-electron chi connectivity index (χ3n) is 4.26. The summed E-state index contributed by atoms with van der Waals surface area (Å²) in [5.74, 6) is 0.328. The largest absolute Gasteiger partial charge is 0.382 e. The van der Waals surface area contributed by atoms with Crippen molar-refractivity contribution >= 4 is 33.6 Å². The third-order valence-corrected chi connectivity index (χ3v) is 6.20. The van der Waals surface area contributed by atoms with Gasteiger partial charge in [0.05, 0.1) is 6.20 Å². The number of anilines is 3. The van der Waals surface area contributed by atoms with Crippen molar-refractivity contribution in [3.8, 4) is 0 Å². The molecule has 11 nitrogen and oxygen atoms in total. The Balaban J connectivity index is 0.00000225. The van der Waals surface area contributed by atoms with E-state index in [1.165, 1.54) is 28.9 Å². The average molecular weight is 411 g/mol. The first kappa shape index (κ1) is 19.9. The summed E-state index contributed by atoms with van der Waals surface area (Å²) in [6.07, 6.45) is 3.03. The highest BCUT2D eigenvalue weighted by atomic mass is 32.2. The van der Waals surface area contributed by atoms with Crippen LogP contribution in [0.1, 0.15) is 13.3 Å². The standard InChI is InChI=1S/C16H22N8O3S.2H2/c1-22(2)28(26,27)24-9-7-23(8-10-24)13-11-19-15(17)14(21-13)16(25)20-12-5-3-4-6-18-12;;/h3-6,11H,7-10H2,1-2H3,(H2,17,19)(H,18,20,25);2*1H. The molecule has 0 aromatic carbocycles. The van der Waals surface area contributed by atoms with Gasteiger partial charge in [-0.15, -0.1) is 0 Å². The van der Waals surface area contributed by atoms with Crippen molar-refractivity contribution in [2.45, 2.75) is 0 Å². The van der Waals surface area contributed by atoms with Crippen LogP contribution < -0.4 is 16.0 Å². The lowest BCUT2D eigenvalue weighted by molar-refractivity contribution is 0.102. The average Bonchev–Trinajstić information content (AvgIpc) is 2.69.